The van der Waals surface area contributed by atoms with E-state index in [0.717, 1.165) is 0 Å². The predicted octanol–water partition coefficient (Wildman–Crippen LogP) is 4.86. The number of hydrogen-bond donors (Lipinski definition) is 2. The summed E-state index contributed by atoms with van der Waals surface area (Å²) in [7, 11) is 0. The van der Waals surface area contributed by atoms with Crippen molar-refractivity contribution in [1.29, 1.82) is 0 Å². The van der Waals surface area contributed by atoms with Crippen molar-refractivity contribution in [3.8, 4) is 0 Å². The first-order chi connectivity index (χ1) is 11.4. The van der Waals surface area contributed by atoms with Crippen molar-refractivity contribution >= 4 is 58.0 Å². The highest BCUT2D eigenvalue weighted by atomic mass is 35.5. The lowest BCUT2D eigenvalue weighted by Gasteiger charge is -2.08. The number of benzene rings is 2. The van der Waals surface area contributed by atoms with Crippen LogP contribution in [0.2, 0.25) is 15.1 Å². The Bertz CT molecular complexity index is 810. The Morgan fingerprint density at radius 1 is 0.875 bits per heavy atom. The number of rotatable bonds is 4. The zero-order valence-corrected chi connectivity index (χ0v) is 14.6. The number of nitrogens with one attached hydrogen (secondary N) is 2. The van der Waals surface area contributed by atoms with Crippen LogP contribution >= 0.6 is 34.8 Å². The van der Waals surface area contributed by atoms with Crippen LogP contribution in [0.1, 0.15) is 6.42 Å². The van der Waals surface area contributed by atoms with Crippen LogP contribution in [0.3, 0.4) is 0 Å². The molecule has 1 fully saturated rings. The predicted molar refractivity (Wildman–Crippen MR) is 96.8 cm³/mol. The monoisotopic (exact) mass is 382 g/mol. The Balaban J connectivity index is 1.59. The maximum Gasteiger partial charge on any atom is 0.228 e. The van der Waals surface area contributed by atoms with Gasteiger partial charge in [0.2, 0.25) is 11.8 Å². The summed E-state index contributed by atoms with van der Waals surface area (Å²) in [6.45, 7) is 0. The quantitative estimate of drug-likeness (QED) is 0.792. The van der Waals surface area contributed by atoms with Crippen LogP contribution in [0.25, 0.3) is 0 Å². The van der Waals surface area contributed by atoms with Crippen molar-refractivity contribution < 1.29 is 9.59 Å². The Morgan fingerprint density at radius 2 is 1.54 bits per heavy atom. The first kappa shape index (κ1) is 17.1. The summed E-state index contributed by atoms with van der Waals surface area (Å²) < 4.78 is 0. The molecule has 3 rings (SSSR count). The van der Waals surface area contributed by atoms with Crippen molar-refractivity contribution in [2.45, 2.75) is 6.42 Å². The van der Waals surface area contributed by atoms with Gasteiger partial charge in [0.15, 0.2) is 0 Å². The van der Waals surface area contributed by atoms with Crippen LogP contribution in [0.5, 0.6) is 0 Å². The first-order valence-corrected chi connectivity index (χ1v) is 8.40. The molecule has 0 radical (unpaired) electrons. The molecule has 1 aliphatic rings. The summed E-state index contributed by atoms with van der Waals surface area (Å²) in [5, 5.41) is 6.88. The largest absolute Gasteiger partial charge is 0.326 e. The zero-order chi connectivity index (χ0) is 17.3. The lowest BCUT2D eigenvalue weighted by Crippen LogP contribution is -2.20. The van der Waals surface area contributed by atoms with Gasteiger partial charge in [0.25, 0.3) is 0 Å². The van der Waals surface area contributed by atoms with Gasteiger partial charge in [-0.2, -0.15) is 0 Å². The van der Waals surface area contributed by atoms with Gasteiger partial charge in [0, 0.05) is 15.7 Å². The molecule has 0 saturated heterocycles. The number of anilines is 2. The molecule has 0 aromatic heterocycles. The lowest BCUT2D eigenvalue weighted by atomic mass is 10.2. The molecule has 0 bridgehead atoms. The highest BCUT2D eigenvalue weighted by molar-refractivity contribution is 6.35. The summed E-state index contributed by atoms with van der Waals surface area (Å²) in [5.74, 6) is -1.18. The summed E-state index contributed by atoms with van der Waals surface area (Å²) in [5.41, 5.74) is 1.05. The molecule has 2 amide bonds. The van der Waals surface area contributed by atoms with Crippen molar-refractivity contribution in [2.75, 3.05) is 10.6 Å². The molecule has 0 heterocycles. The Morgan fingerprint density at radius 3 is 2.25 bits per heavy atom. The molecule has 2 aromatic carbocycles. The second-order valence-corrected chi connectivity index (χ2v) is 6.84. The average molecular weight is 384 g/mol. The van der Waals surface area contributed by atoms with Crippen molar-refractivity contribution in [1.82, 2.24) is 0 Å². The van der Waals surface area contributed by atoms with E-state index in [1.165, 1.54) is 0 Å². The summed E-state index contributed by atoms with van der Waals surface area (Å²) in [6, 6.07) is 11.7. The second-order valence-electron chi connectivity index (χ2n) is 5.56. The summed E-state index contributed by atoms with van der Waals surface area (Å²) in [6.07, 6.45) is 0.496. The molecule has 1 saturated carbocycles. The molecule has 2 aromatic rings. The van der Waals surface area contributed by atoms with Gasteiger partial charge in [-0.25, -0.2) is 0 Å². The number of carbonyl (C=O) groups is 2. The van der Waals surface area contributed by atoms with Gasteiger partial charge in [0.1, 0.15) is 0 Å². The maximum atomic E-state index is 12.2. The van der Waals surface area contributed by atoms with E-state index in [9.17, 15) is 9.59 Å². The van der Waals surface area contributed by atoms with Gasteiger partial charge >= 0.3 is 0 Å². The maximum absolute atomic E-state index is 12.2. The zero-order valence-electron chi connectivity index (χ0n) is 12.4. The van der Waals surface area contributed by atoms with Crippen LogP contribution in [0.4, 0.5) is 11.4 Å². The third-order valence-corrected chi connectivity index (χ3v) is 4.54. The summed E-state index contributed by atoms with van der Waals surface area (Å²) in [4.78, 5) is 24.4. The Labute approximate surface area is 154 Å². The van der Waals surface area contributed by atoms with Crippen LogP contribution in [-0.2, 0) is 9.59 Å². The Hall–Kier alpha value is -1.75. The molecule has 124 valence electrons. The number of halogens is 3. The topological polar surface area (TPSA) is 58.2 Å². The van der Waals surface area contributed by atoms with Crippen LogP contribution in [0, 0.1) is 11.8 Å². The van der Waals surface area contributed by atoms with Crippen LogP contribution < -0.4 is 10.6 Å². The highest BCUT2D eigenvalue weighted by Crippen LogP contribution is 2.41. The first-order valence-electron chi connectivity index (χ1n) is 7.26. The number of hydrogen-bond acceptors (Lipinski definition) is 2. The molecule has 0 aliphatic heterocycles. The van der Waals surface area contributed by atoms with E-state index in [1.54, 1.807) is 42.5 Å². The molecule has 2 unspecified atom stereocenters. The standard InChI is InChI=1S/C17H13Cl3N2O2/c18-9-2-1-3-11(6-9)21-16(23)12-8-13(12)17(24)22-15-7-10(19)4-5-14(15)20/h1-7,12-13H,8H2,(H,21,23)(H,22,24). The Kier molecular flexibility index (Phi) is 4.99. The third kappa shape index (κ3) is 4.01. The van der Waals surface area contributed by atoms with E-state index in [0.29, 0.717) is 32.9 Å². The van der Waals surface area contributed by atoms with Gasteiger partial charge in [-0.15, -0.1) is 0 Å². The van der Waals surface area contributed by atoms with Gasteiger partial charge < -0.3 is 10.6 Å². The van der Waals surface area contributed by atoms with E-state index in [2.05, 4.69) is 10.6 Å². The fraction of sp³-hybridized carbons (Fsp3) is 0.176. The molecule has 2 N–H and O–H groups in total. The average Bonchev–Trinajstić information content (AvgIpc) is 3.32. The molecular formula is C17H13Cl3N2O2. The van der Waals surface area contributed by atoms with Gasteiger partial charge in [-0.05, 0) is 42.8 Å². The normalized spacial score (nSPS) is 18.8. The van der Waals surface area contributed by atoms with Crippen molar-refractivity contribution in [3.05, 3.63) is 57.5 Å². The van der Waals surface area contributed by atoms with E-state index in [1.807, 2.05) is 0 Å². The molecule has 4 nitrogen and oxygen atoms in total. The minimum Gasteiger partial charge on any atom is -0.326 e. The van der Waals surface area contributed by atoms with E-state index < -0.39 is 0 Å². The minimum absolute atomic E-state index is 0.199. The number of carbonyl (C=O) groups excluding carboxylic acids is 2. The molecule has 24 heavy (non-hydrogen) atoms. The third-order valence-electron chi connectivity index (χ3n) is 3.74. The van der Waals surface area contributed by atoms with Gasteiger partial charge in [-0.3, -0.25) is 9.59 Å². The van der Waals surface area contributed by atoms with Crippen LogP contribution in [0.15, 0.2) is 42.5 Å². The fourth-order valence-corrected chi connectivity index (χ4v) is 2.92. The van der Waals surface area contributed by atoms with Crippen molar-refractivity contribution in [2.24, 2.45) is 11.8 Å². The number of amides is 2. The van der Waals surface area contributed by atoms with Crippen molar-refractivity contribution in [3.63, 3.8) is 0 Å². The SMILES string of the molecule is O=C(Nc1cccc(Cl)c1)C1CC1C(=O)Nc1cc(Cl)ccc1Cl. The van der Waals surface area contributed by atoms with E-state index in [4.69, 9.17) is 34.8 Å². The van der Waals surface area contributed by atoms with Gasteiger partial charge in [0.05, 0.1) is 22.5 Å². The molecule has 0 spiro atoms. The fourth-order valence-electron chi connectivity index (χ4n) is 2.39. The van der Waals surface area contributed by atoms with E-state index in [-0.39, 0.29) is 23.7 Å². The molecule has 7 heteroatoms. The van der Waals surface area contributed by atoms with Crippen LogP contribution in [-0.4, -0.2) is 11.8 Å². The summed E-state index contributed by atoms with van der Waals surface area (Å²) >= 11 is 17.8. The minimum atomic E-state index is -0.376. The molecule has 1 aliphatic carbocycles. The van der Waals surface area contributed by atoms with E-state index >= 15 is 0 Å². The highest BCUT2D eigenvalue weighted by Gasteiger charge is 2.48. The van der Waals surface area contributed by atoms with Gasteiger partial charge in [-0.1, -0.05) is 40.9 Å². The lowest BCUT2D eigenvalue weighted by molar-refractivity contribution is -0.122. The smallest absolute Gasteiger partial charge is 0.228 e. The molecular weight excluding hydrogens is 371 g/mol. The molecule has 2 atom stereocenters. The second kappa shape index (κ2) is 7.01.